The van der Waals surface area contributed by atoms with Crippen molar-refractivity contribution in [3.63, 3.8) is 0 Å². The van der Waals surface area contributed by atoms with Gasteiger partial charge in [-0.15, -0.1) is 5.10 Å². The summed E-state index contributed by atoms with van der Waals surface area (Å²) in [6.07, 6.45) is 0.814. The number of nitrogens with zero attached hydrogens (tertiary/aromatic N) is 3. The molecule has 8 nitrogen and oxygen atoms in total. The molecule has 0 spiro atoms. The first-order chi connectivity index (χ1) is 14.0. The minimum atomic E-state index is -0.393. The van der Waals surface area contributed by atoms with E-state index < -0.39 is 5.91 Å². The number of aromatic nitrogens is 3. The van der Waals surface area contributed by atoms with E-state index in [2.05, 4.69) is 20.9 Å². The van der Waals surface area contributed by atoms with Crippen LogP contribution in [0.1, 0.15) is 28.7 Å². The second kappa shape index (κ2) is 9.01. The van der Waals surface area contributed by atoms with Gasteiger partial charge in [0.15, 0.2) is 5.69 Å². The van der Waals surface area contributed by atoms with E-state index in [-0.39, 0.29) is 18.1 Å². The second-order valence-electron chi connectivity index (χ2n) is 6.42. The van der Waals surface area contributed by atoms with E-state index in [9.17, 15) is 9.59 Å². The lowest BCUT2D eigenvalue weighted by Gasteiger charge is -2.10. The minimum absolute atomic E-state index is 0.0350. The second-order valence-corrected chi connectivity index (χ2v) is 6.42. The van der Waals surface area contributed by atoms with Gasteiger partial charge in [0, 0.05) is 11.4 Å². The van der Waals surface area contributed by atoms with Crippen molar-refractivity contribution in [1.29, 1.82) is 0 Å². The van der Waals surface area contributed by atoms with Crippen LogP contribution < -0.4 is 15.4 Å². The molecule has 0 fully saturated rings. The number of carbonyl (C=O) groups is 2. The Bertz CT molecular complexity index is 1010. The molecule has 2 aromatic carbocycles. The monoisotopic (exact) mass is 393 g/mol. The van der Waals surface area contributed by atoms with Crippen molar-refractivity contribution < 1.29 is 14.3 Å². The van der Waals surface area contributed by atoms with E-state index in [1.807, 2.05) is 31.2 Å². The zero-order valence-corrected chi connectivity index (χ0v) is 16.6. The van der Waals surface area contributed by atoms with Crippen LogP contribution >= 0.6 is 0 Å². The van der Waals surface area contributed by atoms with Crippen LogP contribution in [0.15, 0.2) is 48.5 Å². The molecule has 0 bridgehead atoms. The number of para-hydroxylation sites is 1. The molecule has 8 heteroatoms. The van der Waals surface area contributed by atoms with Gasteiger partial charge in [0.1, 0.15) is 12.3 Å². The Kier molecular flexibility index (Phi) is 6.23. The number of hydrogen-bond acceptors (Lipinski definition) is 5. The van der Waals surface area contributed by atoms with Gasteiger partial charge in [-0.1, -0.05) is 30.3 Å². The number of aryl methyl sites for hydroxylation is 1. The highest BCUT2D eigenvalue weighted by atomic mass is 16.5. The summed E-state index contributed by atoms with van der Waals surface area (Å²) in [5.74, 6) is 0.0671. The van der Waals surface area contributed by atoms with Gasteiger partial charge in [0.25, 0.3) is 5.91 Å². The number of nitrogens with one attached hydrogen (secondary N) is 2. The largest absolute Gasteiger partial charge is 0.497 e. The maximum absolute atomic E-state index is 12.5. The number of amides is 2. The van der Waals surface area contributed by atoms with Crippen molar-refractivity contribution in [2.75, 3.05) is 17.7 Å². The summed E-state index contributed by atoms with van der Waals surface area (Å²) in [4.78, 5) is 24.9. The molecule has 2 N–H and O–H groups in total. The van der Waals surface area contributed by atoms with Gasteiger partial charge >= 0.3 is 0 Å². The summed E-state index contributed by atoms with van der Waals surface area (Å²) in [7, 11) is 1.58. The highest BCUT2D eigenvalue weighted by molar-refractivity contribution is 6.03. The number of benzene rings is 2. The predicted octanol–water partition coefficient (Wildman–Crippen LogP) is 3.05. The lowest BCUT2D eigenvalue weighted by atomic mass is 10.1. The van der Waals surface area contributed by atoms with Crippen LogP contribution in [-0.4, -0.2) is 33.9 Å². The maximum Gasteiger partial charge on any atom is 0.278 e. The maximum atomic E-state index is 12.5. The first kappa shape index (κ1) is 20.1. The highest BCUT2D eigenvalue weighted by Crippen LogP contribution is 2.17. The lowest BCUT2D eigenvalue weighted by molar-refractivity contribution is -0.117. The normalized spacial score (nSPS) is 10.4. The van der Waals surface area contributed by atoms with Crippen molar-refractivity contribution in [1.82, 2.24) is 15.0 Å². The molecule has 3 aromatic rings. The molecule has 2 amide bonds. The molecule has 0 aliphatic rings. The van der Waals surface area contributed by atoms with Crippen LogP contribution in [0.2, 0.25) is 0 Å². The molecule has 0 radical (unpaired) electrons. The molecule has 0 aliphatic heterocycles. The first-order valence-corrected chi connectivity index (χ1v) is 9.25. The van der Waals surface area contributed by atoms with Crippen LogP contribution in [0.4, 0.5) is 11.4 Å². The Morgan fingerprint density at radius 2 is 1.79 bits per heavy atom. The molecule has 3 rings (SSSR count). The molecule has 0 saturated carbocycles. The van der Waals surface area contributed by atoms with Gasteiger partial charge in [-0.2, -0.15) is 0 Å². The van der Waals surface area contributed by atoms with Gasteiger partial charge in [0.2, 0.25) is 5.91 Å². The summed E-state index contributed by atoms with van der Waals surface area (Å²) in [6.45, 7) is 3.70. The van der Waals surface area contributed by atoms with Crippen LogP contribution in [0.25, 0.3) is 0 Å². The number of anilines is 2. The van der Waals surface area contributed by atoms with Crippen molar-refractivity contribution in [2.24, 2.45) is 0 Å². The molecule has 0 aliphatic carbocycles. The Morgan fingerprint density at radius 1 is 1.07 bits per heavy atom. The molecule has 150 valence electrons. The van der Waals surface area contributed by atoms with Crippen molar-refractivity contribution >= 4 is 23.2 Å². The Morgan fingerprint density at radius 3 is 2.48 bits per heavy atom. The molecule has 1 aromatic heterocycles. The molecular weight excluding hydrogens is 370 g/mol. The molecule has 1 heterocycles. The van der Waals surface area contributed by atoms with Crippen molar-refractivity contribution in [2.45, 2.75) is 26.8 Å². The molecule has 0 atom stereocenters. The van der Waals surface area contributed by atoms with E-state index in [0.717, 1.165) is 17.7 Å². The number of ether oxygens (including phenoxy) is 1. The van der Waals surface area contributed by atoms with Gasteiger partial charge in [0.05, 0.1) is 12.8 Å². The third-order valence-electron chi connectivity index (χ3n) is 4.51. The third kappa shape index (κ3) is 4.78. The van der Waals surface area contributed by atoms with Crippen LogP contribution in [0.5, 0.6) is 5.75 Å². The first-order valence-electron chi connectivity index (χ1n) is 9.25. The van der Waals surface area contributed by atoms with Crippen LogP contribution in [-0.2, 0) is 17.8 Å². The quantitative estimate of drug-likeness (QED) is 0.643. The van der Waals surface area contributed by atoms with E-state index in [1.54, 1.807) is 38.3 Å². The summed E-state index contributed by atoms with van der Waals surface area (Å²) < 4.78 is 6.51. The third-order valence-corrected chi connectivity index (χ3v) is 4.51. The molecule has 29 heavy (non-hydrogen) atoms. The van der Waals surface area contributed by atoms with E-state index in [0.29, 0.717) is 17.1 Å². The van der Waals surface area contributed by atoms with Gasteiger partial charge in [-0.3, -0.25) is 9.59 Å². The summed E-state index contributed by atoms with van der Waals surface area (Å²) in [5, 5.41) is 13.5. The zero-order chi connectivity index (χ0) is 20.8. The molecule has 0 saturated heterocycles. The van der Waals surface area contributed by atoms with Crippen LogP contribution in [0, 0.1) is 6.92 Å². The summed E-state index contributed by atoms with van der Waals surface area (Å²) in [6, 6.07) is 14.6. The van der Waals surface area contributed by atoms with Gasteiger partial charge in [-0.25, -0.2) is 4.68 Å². The Balaban J connectivity index is 1.66. The average molecular weight is 393 g/mol. The van der Waals surface area contributed by atoms with Crippen LogP contribution in [0.3, 0.4) is 0 Å². The minimum Gasteiger partial charge on any atom is -0.497 e. The topological polar surface area (TPSA) is 98.1 Å². The fourth-order valence-electron chi connectivity index (χ4n) is 2.86. The standard InChI is InChI=1S/C21H23N5O3/c1-4-15-7-5-6-8-18(15)23-19(27)13-26-14(2)20(24-25-26)21(28)22-16-9-11-17(29-3)12-10-16/h5-12H,4,13H2,1-3H3,(H,22,28)(H,23,27). The van der Waals surface area contributed by atoms with E-state index >= 15 is 0 Å². The number of hydrogen-bond donors (Lipinski definition) is 2. The number of methoxy groups -OCH3 is 1. The zero-order valence-electron chi connectivity index (χ0n) is 16.6. The van der Waals surface area contributed by atoms with Crippen molar-refractivity contribution in [3.05, 3.63) is 65.5 Å². The van der Waals surface area contributed by atoms with Gasteiger partial charge < -0.3 is 15.4 Å². The van der Waals surface area contributed by atoms with Crippen molar-refractivity contribution in [3.8, 4) is 5.75 Å². The smallest absolute Gasteiger partial charge is 0.278 e. The molecular formula is C21H23N5O3. The fourth-order valence-corrected chi connectivity index (χ4v) is 2.86. The Labute approximate surface area is 168 Å². The van der Waals surface area contributed by atoms with E-state index in [4.69, 9.17) is 4.74 Å². The lowest BCUT2D eigenvalue weighted by Crippen LogP contribution is -2.21. The van der Waals surface area contributed by atoms with Gasteiger partial charge in [-0.05, 0) is 49.2 Å². The summed E-state index contributed by atoms with van der Waals surface area (Å²) >= 11 is 0. The fraction of sp³-hybridized carbons (Fsp3) is 0.238. The highest BCUT2D eigenvalue weighted by Gasteiger charge is 2.18. The Hall–Kier alpha value is -3.68. The number of carbonyl (C=O) groups excluding carboxylic acids is 2. The SMILES string of the molecule is CCc1ccccc1NC(=O)Cn1nnc(C(=O)Nc2ccc(OC)cc2)c1C. The summed E-state index contributed by atoms with van der Waals surface area (Å²) in [5.41, 5.74) is 3.11. The predicted molar refractivity (Wildman–Crippen MR) is 110 cm³/mol. The molecule has 0 unspecified atom stereocenters. The van der Waals surface area contributed by atoms with E-state index in [1.165, 1.54) is 4.68 Å². The number of rotatable bonds is 7. The average Bonchev–Trinajstić information content (AvgIpc) is 3.09.